The molecule has 1 aliphatic rings. The molecule has 0 radical (unpaired) electrons. The minimum Gasteiger partial charge on any atom is -0.382 e. The lowest BCUT2D eigenvalue weighted by atomic mass is 10.2. The van der Waals surface area contributed by atoms with Crippen molar-refractivity contribution >= 4 is 28.8 Å². The lowest BCUT2D eigenvalue weighted by Gasteiger charge is -2.32. The maximum absolute atomic E-state index is 12.1. The molecular formula is C21H30N8O3. The molecule has 3 rings (SSSR count). The number of piperazine rings is 1. The van der Waals surface area contributed by atoms with Crippen LogP contribution in [0.3, 0.4) is 0 Å². The Morgan fingerprint density at radius 2 is 2.00 bits per heavy atom. The summed E-state index contributed by atoms with van der Waals surface area (Å²) in [5, 5.41) is 2.76. The fourth-order valence-electron chi connectivity index (χ4n) is 3.41. The van der Waals surface area contributed by atoms with Gasteiger partial charge in [-0.15, -0.1) is 0 Å². The van der Waals surface area contributed by atoms with Crippen molar-refractivity contribution in [3.8, 4) is 11.8 Å². The number of nitrogens with zero attached hydrogens (tertiary/aromatic N) is 6. The molecule has 1 aliphatic heterocycles. The zero-order valence-electron chi connectivity index (χ0n) is 18.8. The smallest absolute Gasteiger partial charge is 0.249 e. The number of amides is 2. The van der Waals surface area contributed by atoms with Crippen molar-refractivity contribution in [1.82, 2.24) is 34.6 Å². The van der Waals surface area contributed by atoms with E-state index >= 15 is 0 Å². The van der Waals surface area contributed by atoms with E-state index in [0.717, 1.165) is 13.1 Å². The first kappa shape index (κ1) is 23.4. The van der Waals surface area contributed by atoms with Crippen LogP contribution in [0.2, 0.25) is 0 Å². The summed E-state index contributed by atoms with van der Waals surface area (Å²) in [5.74, 6) is 6.55. The van der Waals surface area contributed by atoms with Gasteiger partial charge in [-0.1, -0.05) is 12.8 Å². The summed E-state index contributed by atoms with van der Waals surface area (Å²) in [5.41, 5.74) is 7.02. The molecule has 1 fully saturated rings. The van der Waals surface area contributed by atoms with Gasteiger partial charge in [-0.25, -0.2) is 15.0 Å². The molecule has 1 atom stereocenters. The Morgan fingerprint density at radius 3 is 2.66 bits per heavy atom. The number of anilines is 1. The number of aromatic nitrogens is 4. The topological polar surface area (TPSA) is 132 Å². The molecule has 172 valence electrons. The highest BCUT2D eigenvalue weighted by atomic mass is 16.5. The van der Waals surface area contributed by atoms with Gasteiger partial charge >= 0.3 is 0 Å². The van der Waals surface area contributed by atoms with Crippen molar-refractivity contribution in [2.24, 2.45) is 0 Å². The van der Waals surface area contributed by atoms with Gasteiger partial charge < -0.3 is 20.7 Å². The second-order valence-electron chi connectivity index (χ2n) is 7.49. The van der Waals surface area contributed by atoms with Crippen LogP contribution < -0.4 is 11.1 Å². The summed E-state index contributed by atoms with van der Waals surface area (Å²) in [6, 6.07) is 0. The molecule has 11 nitrogen and oxygen atoms in total. The largest absolute Gasteiger partial charge is 0.382 e. The summed E-state index contributed by atoms with van der Waals surface area (Å²) in [7, 11) is 0. The molecule has 2 aromatic rings. The van der Waals surface area contributed by atoms with Gasteiger partial charge in [0.1, 0.15) is 18.4 Å². The van der Waals surface area contributed by atoms with Crippen LogP contribution in [0.1, 0.15) is 33.0 Å². The highest BCUT2D eigenvalue weighted by molar-refractivity contribution is 5.82. The normalized spacial score (nSPS) is 15.3. The van der Waals surface area contributed by atoms with Gasteiger partial charge in [0.15, 0.2) is 11.5 Å². The van der Waals surface area contributed by atoms with Crippen molar-refractivity contribution < 1.29 is 14.3 Å². The highest BCUT2D eigenvalue weighted by Gasteiger charge is 2.19. The average Bonchev–Trinajstić information content (AvgIpc) is 3.18. The SMILES string of the molecule is CCNC(=O)C(CC)OCn1cnc2c(N)nc(C#CCN3CCN(C(C)=O)CC3)nc21. The maximum Gasteiger partial charge on any atom is 0.249 e. The fourth-order valence-corrected chi connectivity index (χ4v) is 3.41. The van der Waals surface area contributed by atoms with E-state index < -0.39 is 6.10 Å². The number of ether oxygens (including phenoxy) is 1. The van der Waals surface area contributed by atoms with Crippen molar-refractivity contribution in [3.63, 3.8) is 0 Å². The van der Waals surface area contributed by atoms with Crippen LogP contribution in [0, 0.1) is 11.8 Å². The van der Waals surface area contributed by atoms with Gasteiger partial charge in [0.2, 0.25) is 17.6 Å². The summed E-state index contributed by atoms with van der Waals surface area (Å²) in [6.45, 7) is 9.53. The predicted molar refractivity (Wildman–Crippen MR) is 119 cm³/mol. The first-order chi connectivity index (χ1) is 15.4. The van der Waals surface area contributed by atoms with E-state index in [9.17, 15) is 9.59 Å². The number of hydrogen-bond acceptors (Lipinski definition) is 8. The van der Waals surface area contributed by atoms with Gasteiger partial charge in [0.05, 0.1) is 12.9 Å². The van der Waals surface area contributed by atoms with Crippen LogP contribution >= 0.6 is 0 Å². The van der Waals surface area contributed by atoms with Gasteiger partial charge in [-0.2, -0.15) is 0 Å². The molecule has 11 heteroatoms. The quantitative estimate of drug-likeness (QED) is 0.564. The van der Waals surface area contributed by atoms with Crippen molar-refractivity contribution in [2.45, 2.75) is 40.0 Å². The first-order valence-corrected chi connectivity index (χ1v) is 10.8. The van der Waals surface area contributed by atoms with Gasteiger partial charge in [-0.05, 0) is 19.3 Å². The number of rotatable bonds is 7. The molecule has 0 spiro atoms. The Labute approximate surface area is 187 Å². The Hall–Kier alpha value is -3.23. The van der Waals surface area contributed by atoms with E-state index in [0.29, 0.717) is 49.6 Å². The highest BCUT2D eigenvalue weighted by Crippen LogP contribution is 2.16. The molecule has 0 aliphatic carbocycles. The van der Waals surface area contributed by atoms with E-state index in [-0.39, 0.29) is 24.4 Å². The van der Waals surface area contributed by atoms with Crippen LogP contribution in [-0.2, 0) is 21.1 Å². The van der Waals surface area contributed by atoms with Crippen molar-refractivity contribution in [3.05, 3.63) is 12.2 Å². The molecule has 1 unspecified atom stereocenters. The number of hydrogen-bond donors (Lipinski definition) is 2. The monoisotopic (exact) mass is 442 g/mol. The van der Waals surface area contributed by atoms with Crippen molar-refractivity contribution in [2.75, 3.05) is 45.0 Å². The predicted octanol–water partition coefficient (Wildman–Crippen LogP) is -0.187. The zero-order valence-corrected chi connectivity index (χ0v) is 18.8. The third kappa shape index (κ3) is 5.72. The number of imidazole rings is 1. The second kappa shape index (κ2) is 10.9. The van der Waals surface area contributed by atoms with Crippen molar-refractivity contribution in [1.29, 1.82) is 0 Å². The molecule has 1 saturated heterocycles. The summed E-state index contributed by atoms with van der Waals surface area (Å²) < 4.78 is 7.44. The lowest BCUT2D eigenvalue weighted by Crippen LogP contribution is -2.47. The van der Waals surface area contributed by atoms with E-state index in [1.807, 2.05) is 18.7 Å². The molecule has 0 aromatic carbocycles. The molecular weight excluding hydrogens is 412 g/mol. The van der Waals surface area contributed by atoms with Crippen LogP contribution in [0.5, 0.6) is 0 Å². The van der Waals surface area contributed by atoms with Crippen LogP contribution in [0.4, 0.5) is 5.82 Å². The number of fused-ring (bicyclic) bond motifs is 1. The number of likely N-dealkylation sites (N-methyl/N-ethyl adjacent to an activating group) is 1. The Kier molecular flexibility index (Phi) is 7.97. The molecule has 2 amide bonds. The van der Waals surface area contributed by atoms with E-state index in [1.54, 1.807) is 17.8 Å². The number of nitrogens with two attached hydrogens (primary N) is 1. The van der Waals surface area contributed by atoms with E-state index in [2.05, 4.69) is 37.0 Å². The van der Waals surface area contributed by atoms with E-state index in [1.165, 1.54) is 0 Å². The molecule has 3 N–H and O–H groups in total. The van der Waals surface area contributed by atoms with Gasteiger partial charge in [0.25, 0.3) is 0 Å². The van der Waals surface area contributed by atoms with Crippen LogP contribution in [-0.4, -0.2) is 86.5 Å². The molecule has 0 bridgehead atoms. The van der Waals surface area contributed by atoms with Crippen LogP contribution in [0.25, 0.3) is 11.2 Å². The van der Waals surface area contributed by atoms with Crippen LogP contribution in [0.15, 0.2) is 6.33 Å². The maximum atomic E-state index is 12.1. The fraction of sp³-hybridized carbons (Fsp3) is 0.571. The Morgan fingerprint density at radius 1 is 1.25 bits per heavy atom. The number of carbonyl (C=O) groups is 2. The van der Waals surface area contributed by atoms with Gasteiger partial charge in [0, 0.05) is 39.6 Å². The summed E-state index contributed by atoms with van der Waals surface area (Å²) in [4.78, 5) is 40.5. The summed E-state index contributed by atoms with van der Waals surface area (Å²) >= 11 is 0. The third-order valence-corrected chi connectivity index (χ3v) is 5.24. The van der Waals surface area contributed by atoms with E-state index in [4.69, 9.17) is 10.5 Å². The minimum absolute atomic E-state index is 0.102. The number of carbonyl (C=O) groups excluding carboxylic acids is 2. The minimum atomic E-state index is -0.561. The molecule has 0 saturated carbocycles. The Bertz CT molecular complexity index is 1020. The summed E-state index contributed by atoms with van der Waals surface area (Å²) in [6.07, 6.45) is 1.55. The number of nitrogens with one attached hydrogen (secondary N) is 1. The molecule has 3 heterocycles. The molecule has 2 aromatic heterocycles. The molecule has 32 heavy (non-hydrogen) atoms. The second-order valence-corrected chi connectivity index (χ2v) is 7.49. The lowest BCUT2D eigenvalue weighted by molar-refractivity contribution is -0.135. The number of nitrogen functional groups attached to an aromatic ring is 1. The average molecular weight is 443 g/mol. The first-order valence-electron chi connectivity index (χ1n) is 10.8. The van der Waals surface area contributed by atoms with Gasteiger partial charge in [-0.3, -0.25) is 19.1 Å². The third-order valence-electron chi connectivity index (χ3n) is 5.24. The standard InChI is InChI=1S/C21H30N8O3/c1-4-16(21(31)23-5-2)32-14-29-13-24-18-19(22)25-17(26-20(18)29)7-6-8-27-9-11-28(12-10-27)15(3)30/h13,16H,4-5,8-12,14H2,1-3H3,(H,23,31)(H2,22,25,26). The Balaban J connectivity index is 1.67. The zero-order chi connectivity index (χ0) is 23.1.